The molecule has 7 heteroatoms. The van der Waals surface area contributed by atoms with Gasteiger partial charge in [-0.25, -0.2) is 9.19 Å². The van der Waals surface area contributed by atoms with Gasteiger partial charge in [0.15, 0.2) is 0 Å². The van der Waals surface area contributed by atoms with E-state index in [1.54, 1.807) is 0 Å². The highest BCUT2D eigenvalue weighted by atomic mass is 32.2. The summed E-state index contributed by atoms with van der Waals surface area (Å²) in [5.41, 5.74) is -0.0246. The van der Waals surface area contributed by atoms with Gasteiger partial charge < -0.3 is 0 Å². The molecule has 1 amide bonds. The second kappa shape index (κ2) is 2.63. The maximum absolute atomic E-state index is 11.8. The van der Waals surface area contributed by atoms with Crippen molar-refractivity contribution in [2.75, 3.05) is 5.32 Å². The minimum atomic E-state index is -1.43. The average Bonchev–Trinajstić information content (AvgIpc) is 2.71. The molecule has 0 aromatic carbocycles. The van der Waals surface area contributed by atoms with Crippen LogP contribution in [0.3, 0.4) is 0 Å². The molecule has 15 heavy (non-hydrogen) atoms. The predicted octanol–water partition coefficient (Wildman–Crippen LogP) is -0.713. The monoisotopic (exact) mass is 223 g/mol. The van der Waals surface area contributed by atoms with Gasteiger partial charge in [-0.3, -0.25) is 19.5 Å². The molecule has 1 atom stereocenters. The third-order valence-electron chi connectivity index (χ3n) is 2.26. The molecule has 0 fully saturated rings. The molecule has 0 saturated heterocycles. The fourth-order valence-corrected chi connectivity index (χ4v) is 2.59. The van der Waals surface area contributed by atoms with Crippen LogP contribution in [0.15, 0.2) is 15.1 Å². The van der Waals surface area contributed by atoms with Crippen molar-refractivity contribution in [1.29, 1.82) is 0 Å². The molecule has 3 heterocycles. The van der Waals surface area contributed by atoms with Gasteiger partial charge in [0, 0.05) is 5.41 Å². The van der Waals surface area contributed by atoms with Gasteiger partial charge in [0.1, 0.15) is 11.4 Å². The number of anilines is 1. The summed E-state index contributed by atoms with van der Waals surface area (Å²) in [7, 11) is -1.43. The molecular weight excluding hydrogens is 218 g/mol. The number of carbonyl (C=O) groups excluding carboxylic acids is 1. The van der Waals surface area contributed by atoms with E-state index in [-0.39, 0.29) is 23.3 Å². The van der Waals surface area contributed by atoms with Crippen LogP contribution in [0.25, 0.3) is 6.08 Å². The highest BCUT2D eigenvalue weighted by molar-refractivity contribution is 7.88. The predicted molar refractivity (Wildman–Crippen MR) is 52.6 cm³/mol. The normalized spacial score (nSPS) is 21.3. The van der Waals surface area contributed by atoms with Gasteiger partial charge in [0.05, 0.1) is 16.5 Å². The number of aromatic nitrogens is 2. The molecular formula is C8H5N3O3S. The SMILES string of the molecule is O=C1Cn2c(nc3c(c2=O)S(=O)C=C3)N1. The summed E-state index contributed by atoms with van der Waals surface area (Å²) >= 11 is 0. The lowest BCUT2D eigenvalue weighted by molar-refractivity contribution is -0.115. The molecule has 3 rings (SSSR count). The van der Waals surface area contributed by atoms with Crippen molar-refractivity contribution in [3.05, 3.63) is 21.5 Å². The topological polar surface area (TPSA) is 81.1 Å². The lowest BCUT2D eigenvalue weighted by Gasteiger charge is -2.02. The summed E-state index contributed by atoms with van der Waals surface area (Å²) in [4.78, 5) is 27.1. The zero-order valence-corrected chi connectivity index (χ0v) is 8.21. The van der Waals surface area contributed by atoms with E-state index in [4.69, 9.17) is 0 Å². The van der Waals surface area contributed by atoms with Gasteiger partial charge in [0.2, 0.25) is 11.9 Å². The van der Waals surface area contributed by atoms with Crippen molar-refractivity contribution < 1.29 is 9.00 Å². The van der Waals surface area contributed by atoms with Crippen LogP contribution >= 0.6 is 0 Å². The summed E-state index contributed by atoms with van der Waals surface area (Å²) in [5.74, 6) is -0.0506. The fraction of sp³-hybridized carbons (Fsp3) is 0.125. The van der Waals surface area contributed by atoms with Crippen molar-refractivity contribution >= 4 is 28.7 Å². The average molecular weight is 223 g/mol. The maximum atomic E-state index is 11.8. The largest absolute Gasteiger partial charge is 0.294 e. The van der Waals surface area contributed by atoms with Gasteiger partial charge >= 0.3 is 0 Å². The number of hydrogen-bond donors (Lipinski definition) is 1. The summed E-state index contributed by atoms with van der Waals surface area (Å²) in [6.07, 6.45) is 1.53. The third kappa shape index (κ3) is 1.03. The third-order valence-corrected chi connectivity index (χ3v) is 3.43. The molecule has 1 N–H and O–H groups in total. The molecule has 0 bridgehead atoms. The quantitative estimate of drug-likeness (QED) is 0.629. The van der Waals surface area contributed by atoms with Crippen LogP contribution in [0.5, 0.6) is 0 Å². The van der Waals surface area contributed by atoms with E-state index < -0.39 is 16.4 Å². The van der Waals surface area contributed by atoms with Crippen LogP contribution in [-0.2, 0) is 22.1 Å². The van der Waals surface area contributed by atoms with Crippen molar-refractivity contribution in [3.63, 3.8) is 0 Å². The Labute approximate surface area is 86.1 Å². The van der Waals surface area contributed by atoms with Gasteiger partial charge in [-0.15, -0.1) is 0 Å². The van der Waals surface area contributed by atoms with Crippen LogP contribution in [0.1, 0.15) is 5.69 Å². The smallest absolute Gasteiger partial charge is 0.272 e. The molecule has 6 nitrogen and oxygen atoms in total. The number of nitrogens with zero attached hydrogens (tertiary/aromatic N) is 2. The summed E-state index contributed by atoms with van der Waals surface area (Å²) in [6.45, 7) is -0.0500. The Morgan fingerprint density at radius 1 is 1.47 bits per heavy atom. The molecule has 2 aliphatic heterocycles. The summed E-state index contributed by atoms with van der Waals surface area (Å²) in [6, 6.07) is 0. The minimum Gasteiger partial charge on any atom is -0.294 e. The van der Waals surface area contributed by atoms with E-state index in [9.17, 15) is 13.8 Å². The van der Waals surface area contributed by atoms with Crippen LogP contribution in [0.4, 0.5) is 5.95 Å². The summed E-state index contributed by atoms with van der Waals surface area (Å²) < 4.78 is 12.6. The second-order valence-corrected chi connectivity index (χ2v) is 4.46. The van der Waals surface area contributed by atoms with E-state index >= 15 is 0 Å². The lowest BCUT2D eigenvalue weighted by Crippen LogP contribution is -2.23. The van der Waals surface area contributed by atoms with Crippen molar-refractivity contribution in [2.24, 2.45) is 0 Å². The first-order valence-electron chi connectivity index (χ1n) is 4.20. The maximum Gasteiger partial charge on any atom is 0.272 e. The Kier molecular flexibility index (Phi) is 1.50. The zero-order chi connectivity index (χ0) is 10.6. The highest BCUT2D eigenvalue weighted by Gasteiger charge is 2.27. The van der Waals surface area contributed by atoms with Crippen molar-refractivity contribution in [2.45, 2.75) is 11.4 Å². The number of amides is 1. The van der Waals surface area contributed by atoms with Crippen LogP contribution in [0.2, 0.25) is 0 Å². The van der Waals surface area contributed by atoms with Crippen molar-refractivity contribution in [1.82, 2.24) is 9.55 Å². The highest BCUT2D eigenvalue weighted by Crippen LogP contribution is 2.21. The molecule has 0 radical (unpaired) electrons. The second-order valence-electron chi connectivity index (χ2n) is 3.19. The Morgan fingerprint density at radius 2 is 2.27 bits per heavy atom. The van der Waals surface area contributed by atoms with Gasteiger partial charge in [-0.1, -0.05) is 0 Å². The number of nitrogens with one attached hydrogen (secondary N) is 1. The van der Waals surface area contributed by atoms with Gasteiger partial charge in [-0.2, -0.15) is 0 Å². The van der Waals surface area contributed by atoms with Gasteiger partial charge in [-0.05, 0) is 6.08 Å². The van der Waals surface area contributed by atoms with E-state index in [0.717, 1.165) is 0 Å². The molecule has 1 aromatic rings. The minimum absolute atomic E-state index is 0.0500. The molecule has 0 saturated carbocycles. The van der Waals surface area contributed by atoms with E-state index in [2.05, 4.69) is 10.3 Å². The molecule has 1 unspecified atom stereocenters. The van der Waals surface area contributed by atoms with E-state index in [0.29, 0.717) is 5.69 Å². The standard InChI is InChI=1S/C8H5N3O3S/c12-5-3-11-7(13)6-4(1-2-15(6)14)9-8(11)10-5/h1-2H,3H2,(H,9,10,12). The Hall–Kier alpha value is -1.76. The fourth-order valence-electron chi connectivity index (χ4n) is 1.60. The Morgan fingerprint density at radius 3 is 3.07 bits per heavy atom. The lowest BCUT2D eigenvalue weighted by atomic mass is 10.4. The van der Waals surface area contributed by atoms with Crippen LogP contribution < -0.4 is 10.9 Å². The van der Waals surface area contributed by atoms with Crippen LogP contribution in [-0.4, -0.2) is 19.7 Å². The van der Waals surface area contributed by atoms with E-state index in [1.165, 1.54) is 16.1 Å². The van der Waals surface area contributed by atoms with Crippen molar-refractivity contribution in [3.8, 4) is 0 Å². The summed E-state index contributed by atoms with van der Waals surface area (Å²) in [5, 5.41) is 3.88. The van der Waals surface area contributed by atoms with Gasteiger partial charge in [0.25, 0.3) is 5.56 Å². The first-order valence-corrected chi connectivity index (χ1v) is 5.41. The first-order chi connectivity index (χ1) is 7.16. The first kappa shape index (κ1) is 8.54. The number of rotatable bonds is 0. The Balaban J connectivity index is 2.36. The molecule has 2 aliphatic rings. The van der Waals surface area contributed by atoms with E-state index in [1.807, 2.05) is 0 Å². The van der Waals surface area contributed by atoms with Crippen LogP contribution in [0, 0.1) is 0 Å². The molecule has 1 aromatic heterocycles. The number of carbonyl (C=O) groups is 1. The Bertz CT molecular complexity index is 602. The molecule has 0 aliphatic carbocycles. The zero-order valence-electron chi connectivity index (χ0n) is 7.39. The molecule has 0 spiro atoms. The number of fused-ring (bicyclic) bond motifs is 2. The number of hydrogen-bond acceptors (Lipinski definition) is 4. The molecule has 76 valence electrons.